The second-order valence-corrected chi connectivity index (χ2v) is 6.44. The third-order valence-electron chi connectivity index (χ3n) is 4.34. The molecular weight excluding hydrogens is 316 g/mol. The summed E-state index contributed by atoms with van der Waals surface area (Å²) in [5, 5.41) is 3.98. The number of halogens is 1. The highest BCUT2D eigenvalue weighted by atomic mass is 35.5. The molecule has 1 aliphatic heterocycles. The van der Waals surface area contributed by atoms with Crippen molar-refractivity contribution >= 4 is 29.7 Å². The van der Waals surface area contributed by atoms with E-state index in [9.17, 15) is 4.79 Å². The number of thiophene rings is 1. The normalized spacial score (nSPS) is 20.7. The van der Waals surface area contributed by atoms with Gasteiger partial charge in [-0.05, 0) is 35.9 Å². The van der Waals surface area contributed by atoms with Crippen LogP contribution in [0.25, 0.3) is 0 Å². The van der Waals surface area contributed by atoms with E-state index in [0.717, 1.165) is 24.2 Å². The maximum atomic E-state index is 12.7. The fourth-order valence-corrected chi connectivity index (χ4v) is 3.93. The molecule has 1 aromatic heterocycles. The Labute approximate surface area is 141 Å². The van der Waals surface area contributed by atoms with Gasteiger partial charge in [-0.1, -0.05) is 30.3 Å². The third-order valence-corrected chi connectivity index (χ3v) is 5.21. The first-order chi connectivity index (χ1) is 10.2. The summed E-state index contributed by atoms with van der Waals surface area (Å²) in [4.78, 5) is 14.6. The molecule has 0 bridgehead atoms. The van der Waals surface area contributed by atoms with Crippen molar-refractivity contribution in [1.82, 2.24) is 4.90 Å². The molecule has 22 heavy (non-hydrogen) atoms. The highest BCUT2D eigenvalue weighted by Gasteiger charge is 2.35. The monoisotopic (exact) mass is 336 g/mol. The number of aryl methyl sites for hydroxylation is 1. The first-order valence-corrected chi connectivity index (χ1v) is 8.22. The molecule has 1 amide bonds. The molecule has 0 aliphatic carbocycles. The Morgan fingerprint density at radius 1 is 1.27 bits per heavy atom. The summed E-state index contributed by atoms with van der Waals surface area (Å²) in [5.74, 6) is 0.833. The van der Waals surface area contributed by atoms with Gasteiger partial charge in [0, 0.05) is 24.4 Å². The number of benzene rings is 1. The fourth-order valence-electron chi connectivity index (χ4n) is 3.10. The fraction of sp³-hybridized carbons (Fsp3) is 0.353. The van der Waals surface area contributed by atoms with Crippen molar-refractivity contribution in [3.05, 3.63) is 57.8 Å². The maximum Gasteiger partial charge on any atom is 0.254 e. The van der Waals surface area contributed by atoms with Crippen LogP contribution in [0.2, 0.25) is 0 Å². The second-order valence-electron chi connectivity index (χ2n) is 5.69. The molecule has 2 aromatic rings. The number of carbonyl (C=O) groups is 1. The standard InChI is InChI=1S/C17H20N2OS.ClH/c1-12-10-21-11-16(12)17(20)19-8-14(7-18)15(9-19)13-5-3-2-4-6-13;/h2-6,10-11,14-15H,7-9,18H2,1H3;1H/t14-,15+;/m1./s1. The molecule has 2 atom stereocenters. The summed E-state index contributed by atoms with van der Waals surface area (Å²) >= 11 is 1.58. The van der Waals surface area contributed by atoms with Crippen LogP contribution in [-0.4, -0.2) is 30.4 Å². The van der Waals surface area contributed by atoms with Crippen LogP contribution in [0.4, 0.5) is 0 Å². The van der Waals surface area contributed by atoms with Crippen LogP contribution in [0.1, 0.15) is 27.4 Å². The van der Waals surface area contributed by atoms with Crippen LogP contribution in [-0.2, 0) is 0 Å². The Kier molecular flexibility index (Phi) is 5.62. The average molecular weight is 337 g/mol. The lowest BCUT2D eigenvalue weighted by Crippen LogP contribution is -2.29. The van der Waals surface area contributed by atoms with Crippen molar-refractivity contribution in [2.75, 3.05) is 19.6 Å². The van der Waals surface area contributed by atoms with Crippen molar-refractivity contribution in [2.45, 2.75) is 12.8 Å². The predicted octanol–water partition coefficient (Wildman–Crippen LogP) is 3.29. The molecule has 0 radical (unpaired) electrons. The largest absolute Gasteiger partial charge is 0.338 e. The summed E-state index contributed by atoms with van der Waals surface area (Å²) in [6.07, 6.45) is 0. The van der Waals surface area contributed by atoms with Gasteiger partial charge >= 0.3 is 0 Å². The zero-order valence-electron chi connectivity index (χ0n) is 12.6. The van der Waals surface area contributed by atoms with Crippen molar-refractivity contribution in [2.24, 2.45) is 11.7 Å². The second kappa shape index (κ2) is 7.27. The molecule has 1 aliphatic rings. The number of hydrogen-bond donors (Lipinski definition) is 1. The minimum atomic E-state index is 0. The van der Waals surface area contributed by atoms with Crippen LogP contribution >= 0.6 is 23.7 Å². The Bertz CT molecular complexity index is 629. The number of hydrogen-bond acceptors (Lipinski definition) is 3. The molecule has 2 heterocycles. The van der Waals surface area contributed by atoms with E-state index < -0.39 is 0 Å². The zero-order chi connectivity index (χ0) is 14.8. The molecule has 118 valence electrons. The molecule has 1 fully saturated rings. The summed E-state index contributed by atoms with van der Waals surface area (Å²) in [7, 11) is 0. The van der Waals surface area contributed by atoms with E-state index in [2.05, 4.69) is 24.3 Å². The summed E-state index contributed by atoms with van der Waals surface area (Å²) in [6, 6.07) is 10.4. The molecule has 5 heteroatoms. The minimum absolute atomic E-state index is 0. The molecule has 0 spiro atoms. The molecule has 1 aromatic carbocycles. The highest BCUT2D eigenvalue weighted by Crippen LogP contribution is 2.33. The SMILES string of the molecule is Cc1cscc1C(=O)N1C[C@@H](CN)[C@H](c2ccccc2)C1.Cl. The number of nitrogens with two attached hydrogens (primary N) is 1. The minimum Gasteiger partial charge on any atom is -0.338 e. The van der Waals surface area contributed by atoms with E-state index in [1.165, 1.54) is 5.56 Å². The summed E-state index contributed by atoms with van der Waals surface area (Å²) in [5.41, 5.74) is 9.12. The highest BCUT2D eigenvalue weighted by molar-refractivity contribution is 7.08. The van der Waals surface area contributed by atoms with Gasteiger partial charge in [0.05, 0.1) is 5.56 Å². The van der Waals surface area contributed by atoms with Gasteiger partial charge in [-0.25, -0.2) is 0 Å². The summed E-state index contributed by atoms with van der Waals surface area (Å²) in [6.45, 7) is 4.13. The predicted molar refractivity (Wildman–Crippen MR) is 93.9 cm³/mol. The van der Waals surface area contributed by atoms with Gasteiger partial charge in [0.1, 0.15) is 0 Å². The lowest BCUT2D eigenvalue weighted by molar-refractivity contribution is 0.0786. The van der Waals surface area contributed by atoms with Crippen molar-refractivity contribution in [3.8, 4) is 0 Å². The number of carbonyl (C=O) groups excluding carboxylic acids is 1. The molecule has 3 nitrogen and oxygen atoms in total. The lowest BCUT2D eigenvalue weighted by Gasteiger charge is -2.16. The Hall–Kier alpha value is -1.36. The van der Waals surface area contributed by atoms with Gasteiger partial charge in [0.15, 0.2) is 0 Å². The van der Waals surface area contributed by atoms with Crippen LogP contribution in [0.5, 0.6) is 0 Å². The molecule has 0 saturated carbocycles. The Balaban J connectivity index is 0.00000176. The van der Waals surface area contributed by atoms with E-state index >= 15 is 0 Å². The average Bonchev–Trinajstić information content (AvgIpc) is 3.13. The van der Waals surface area contributed by atoms with Crippen LogP contribution in [0.3, 0.4) is 0 Å². The van der Waals surface area contributed by atoms with Crippen molar-refractivity contribution in [1.29, 1.82) is 0 Å². The van der Waals surface area contributed by atoms with Gasteiger partial charge in [0.25, 0.3) is 5.91 Å². The topological polar surface area (TPSA) is 46.3 Å². The smallest absolute Gasteiger partial charge is 0.254 e. The van der Waals surface area contributed by atoms with Crippen LogP contribution in [0.15, 0.2) is 41.1 Å². The first kappa shape index (κ1) is 17.0. The van der Waals surface area contributed by atoms with E-state index in [1.807, 2.05) is 28.7 Å². The van der Waals surface area contributed by atoms with Gasteiger partial charge in [0.2, 0.25) is 0 Å². The van der Waals surface area contributed by atoms with Crippen molar-refractivity contribution in [3.63, 3.8) is 0 Å². The summed E-state index contributed by atoms with van der Waals surface area (Å²) < 4.78 is 0. The Morgan fingerprint density at radius 3 is 2.59 bits per heavy atom. The van der Waals surface area contributed by atoms with Crippen LogP contribution < -0.4 is 5.73 Å². The molecule has 1 saturated heterocycles. The number of likely N-dealkylation sites (tertiary alicyclic amines) is 1. The maximum absolute atomic E-state index is 12.7. The number of rotatable bonds is 3. The molecule has 0 unspecified atom stereocenters. The van der Waals surface area contributed by atoms with E-state index in [1.54, 1.807) is 11.3 Å². The van der Waals surface area contributed by atoms with E-state index in [4.69, 9.17) is 5.73 Å². The third kappa shape index (κ3) is 3.19. The lowest BCUT2D eigenvalue weighted by atomic mass is 9.89. The number of nitrogens with zero attached hydrogens (tertiary/aromatic N) is 1. The Morgan fingerprint density at radius 2 is 2.00 bits per heavy atom. The molecule has 3 rings (SSSR count). The quantitative estimate of drug-likeness (QED) is 0.934. The zero-order valence-corrected chi connectivity index (χ0v) is 14.2. The molecular formula is C17H21ClN2OS. The first-order valence-electron chi connectivity index (χ1n) is 7.27. The van der Waals surface area contributed by atoms with Gasteiger partial charge in [-0.3, -0.25) is 4.79 Å². The van der Waals surface area contributed by atoms with Gasteiger partial charge < -0.3 is 10.6 Å². The van der Waals surface area contributed by atoms with Gasteiger partial charge in [-0.15, -0.1) is 12.4 Å². The molecule has 2 N–H and O–H groups in total. The van der Waals surface area contributed by atoms with E-state index in [0.29, 0.717) is 18.4 Å². The number of amides is 1. The van der Waals surface area contributed by atoms with Crippen LogP contribution in [0, 0.1) is 12.8 Å². The van der Waals surface area contributed by atoms with E-state index in [-0.39, 0.29) is 18.3 Å². The van der Waals surface area contributed by atoms with Gasteiger partial charge in [-0.2, -0.15) is 11.3 Å². The van der Waals surface area contributed by atoms with Crippen molar-refractivity contribution < 1.29 is 4.79 Å².